The number of hydrogen-bond acceptors (Lipinski definition) is 3. The number of aliphatic carboxylic acids is 1. The maximum Gasteiger partial charge on any atom is 0.326 e. The largest absolute Gasteiger partial charge is 0.480 e. The number of aryl methyl sites for hydroxylation is 1. The number of urea groups is 1. The summed E-state index contributed by atoms with van der Waals surface area (Å²) in [7, 11) is 1.82. The van der Waals surface area contributed by atoms with Crippen LogP contribution in [0, 0.1) is 0 Å². The molecule has 22 heavy (non-hydrogen) atoms. The van der Waals surface area contributed by atoms with E-state index in [4.69, 9.17) is 0 Å². The van der Waals surface area contributed by atoms with Crippen molar-refractivity contribution in [2.24, 2.45) is 7.05 Å². The minimum atomic E-state index is -1.04. The van der Waals surface area contributed by atoms with E-state index in [2.05, 4.69) is 10.3 Å². The van der Waals surface area contributed by atoms with Gasteiger partial charge in [-0.3, -0.25) is 0 Å². The van der Waals surface area contributed by atoms with E-state index in [0.717, 1.165) is 25.7 Å². The minimum Gasteiger partial charge on any atom is -0.480 e. The second-order valence-electron chi connectivity index (χ2n) is 5.83. The molecule has 0 spiro atoms. The number of hydrogen-bond donors (Lipinski definition) is 2. The number of carboxylic acids is 1. The van der Waals surface area contributed by atoms with Crippen molar-refractivity contribution in [2.75, 3.05) is 13.1 Å². The van der Waals surface area contributed by atoms with Crippen molar-refractivity contribution >= 4 is 12.0 Å². The van der Waals surface area contributed by atoms with Gasteiger partial charge in [0.15, 0.2) is 0 Å². The molecule has 2 heterocycles. The Morgan fingerprint density at radius 3 is 2.45 bits per heavy atom. The average Bonchev–Trinajstić information content (AvgIpc) is 2.82. The Bertz CT molecular complexity index is 507. The summed E-state index contributed by atoms with van der Waals surface area (Å²) in [5.74, 6) is -1.04. The quantitative estimate of drug-likeness (QED) is 0.880. The standard InChI is InChI=1S/C15H24N4O3/c1-18-10-12(16-11-18)9-13(14(20)21)17-15(22)19-7-5-3-2-4-6-8-19/h10-11,13H,2-9H2,1H3,(H,17,22)(H,20,21)/t13-/m1/s1. The fourth-order valence-corrected chi connectivity index (χ4v) is 2.67. The fraction of sp³-hybridized carbons (Fsp3) is 0.667. The summed E-state index contributed by atoms with van der Waals surface area (Å²) in [6, 6.07) is -1.24. The highest BCUT2D eigenvalue weighted by atomic mass is 16.4. The van der Waals surface area contributed by atoms with E-state index >= 15 is 0 Å². The van der Waals surface area contributed by atoms with Crippen LogP contribution >= 0.6 is 0 Å². The van der Waals surface area contributed by atoms with E-state index in [0.29, 0.717) is 18.8 Å². The molecule has 1 aliphatic heterocycles. The molecule has 7 nitrogen and oxygen atoms in total. The monoisotopic (exact) mass is 308 g/mol. The van der Waals surface area contributed by atoms with Gasteiger partial charge in [-0.05, 0) is 12.8 Å². The summed E-state index contributed by atoms with van der Waals surface area (Å²) in [5.41, 5.74) is 0.655. The maximum absolute atomic E-state index is 12.3. The Morgan fingerprint density at radius 2 is 1.91 bits per heavy atom. The molecule has 0 bridgehead atoms. The van der Waals surface area contributed by atoms with Gasteiger partial charge in [-0.1, -0.05) is 19.3 Å². The Balaban J connectivity index is 1.94. The van der Waals surface area contributed by atoms with Crippen molar-refractivity contribution in [1.29, 1.82) is 0 Å². The number of likely N-dealkylation sites (tertiary alicyclic amines) is 1. The van der Waals surface area contributed by atoms with Crippen molar-refractivity contribution in [3.63, 3.8) is 0 Å². The number of nitrogens with one attached hydrogen (secondary N) is 1. The number of amides is 2. The molecule has 1 atom stereocenters. The minimum absolute atomic E-state index is 0.190. The molecule has 1 fully saturated rings. The lowest BCUT2D eigenvalue weighted by Gasteiger charge is -2.26. The number of carbonyl (C=O) groups is 2. The summed E-state index contributed by atoms with van der Waals surface area (Å²) < 4.78 is 1.76. The van der Waals surface area contributed by atoms with Gasteiger partial charge < -0.3 is 19.9 Å². The van der Waals surface area contributed by atoms with Gasteiger partial charge in [0.05, 0.1) is 12.0 Å². The zero-order chi connectivity index (χ0) is 15.9. The van der Waals surface area contributed by atoms with E-state index in [1.54, 1.807) is 22.0 Å². The van der Waals surface area contributed by atoms with Crippen LogP contribution in [-0.2, 0) is 18.3 Å². The zero-order valence-electron chi connectivity index (χ0n) is 13.0. The first-order valence-corrected chi connectivity index (χ1v) is 7.81. The normalized spacial score (nSPS) is 17.4. The Kier molecular flexibility index (Phi) is 5.80. The molecular formula is C15H24N4O3. The summed E-state index contributed by atoms with van der Waals surface area (Å²) in [4.78, 5) is 29.5. The smallest absolute Gasteiger partial charge is 0.326 e. The van der Waals surface area contributed by atoms with Crippen molar-refractivity contribution < 1.29 is 14.7 Å². The average molecular weight is 308 g/mol. The maximum atomic E-state index is 12.3. The van der Waals surface area contributed by atoms with E-state index in [9.17, 15) is 14.7 Å². The molecule has 2 rings (SSSR count). The molecule has 0 saturated carbocycles. The van der Waals surface area contributed by atoms with E-state index in [-0.39, 0.29) is 12.5 Å². The van der Waals surface area contributed by atoms with Gasteiger partial charge in [-0.15, -0.1) is 0 Å². The summed E-state index contributed by atoms with van der Waals surface area (Å²) in [5, 5.41) is 12.0. The molecule has 1 aliphatic rings. The first kappa shape index (κ1) is 16.3. The Morgan fingerprint density at radius 1 is 1.27 bits per heavy atom. The molecule has 122 valence electrons. The van der Waals surface area contributed by atoms with E-state index in [1.807, 2.05) is 7.05 Å². The van der Waals surface area contributed by atoms with Gasteiger partial charge in [0, 0.05) is 32.8 Å². The van der Waals surface area contributed by atoms with Gasteiger partial charge in [-0.25, -0.2) is 14.6 Å². The SMILES string of the molecule is Cn1cnc(C[C@@H](NC(=O)N2CCCCCCC2)C(=O)O)c1. The third-order valence-corrected chi connectivity index (χ3v) is 3.91. The Hall–Kier alpha value is -2.05. The van der Waals surface area contributed by atoms with Gasteiger partial charge in [0.1, 0.15) is 6.04 Å². The highest BCUT2D eigenvalue weighted by molar-refractivity contribution is 5.82. The van der Waals surface area contributed by atoms with Crippen molar-refractivity contribution in [3.05, 3.63) is 18.2 Å². The molecule has 0 aromatic carbocycles. The second kappa shape index (κ2) is 7.82. The molecular weight excluding hydrogens is 284 g/mol. The third-order valence-electron chi connectivity index (χ3n) is 3.91. The van der Waals surface area contributed by atoms with Crippen LogP contribution in [0.5, 0.6) is 0 Å². The molecule has 1 saturated heterocycles. The highest BCUT2D eigenvalue weighted by Crippen LogP contribution is 2.11. The number of carbonyl (C=O) groups excluding carboxylic acids is 1. The van der Waals surface area contributed by atoms with E-state index in [1.165, 1.54) is 6.42 Å². The van der Waals surface area contributed by atoms with Crippen molar-refractivity contribution in [1.82, 2.24) is 19.8 Å². The van der Waals surface area contributed by atoms with Crippen LogP contribution in [0.1, 0.15) is 37.8 Å². The van der Waals surface area contributed by atoms with Crippen LogP contribution in [0.3, 0.4) is 0 Å². The van der Waals surface area contributed by atoms with Crippen LogP contribution in [0.25, 0.3) is 0 Å². The van der Waals surface area contributed by atoms with Crippen LogP contribution in [0.4, 0.5) is 4.79 Å². The molecule has 2 N–H and O–H groups in total. The molecule has 1 aromatic heterocycles. The number of aromatic nitrogens is 2. The zero-order valence-corrected chi connectivity index (χ0v) is 13.0. The Labute approximate surface area is 130 Å². The van der Waals surface area contributed by atoms with E-state index < -0.39 is 12.0 Å². The lowest BCUT2D eigenvalue weighted by Crippen LogP contribution is -2.49. The lowest BCUT2D eigenvalue weighted by atomic mass is 10.1. The number of carboxylic acid groups (broad SMARTS) is 1. The molecule has 1 aromatic rings. The molecule has 7 heteroatoms. The number of rotatable bonds is 4. The molecule has 0 unspecified atom stereocenters. The van der Waals surface area contributed by atoms with Gasteiger partial charge >= 0.3 is 12.0 Å². The first-order valence-electron chi connectivity index (χ1n) is 7.81. The molecule has 0 radical (unpaired) electrons. The second-order valence-corrected chi connectivity index (χ2v) is 5.83. The lowest BCUT2D eigenvalue weighted by molar-refractivity contribution is -0.139. The number of imidazole rings is 1. The van der Waals surface area contributed by atoms with Crippen molar-refractivity contribution in [3.8, 4) is 0 Å². The summed E-state index contributed by atoms with van der Waals surface area (Å²) in [6.07, 6.45) is 8.99. The van der Waals surface area contributed by atoms with Gasteiger partial charge in [-0.2, -0.15) is 0 Å². The van der Waals surface area contributed by atoms with Crippen molar-refractivity contribution in [2.45, 2.75) is 44.6 Å². The third kappa shape index (κ3) is 4.75. The van der Waals surface area contributed by atoms with Crippen LogP contribution < -0.4 is 5.32 Å². The molecule has 2 amide bonds. The topological polar surface area (TPSA) is 87.5 Å². The first-order chi connectivity index (χ1) is 10.6. The highest BCUT2D eigenvalue weighted by Gasteiger charge is 2.24. The predicted molar refractivity (Wildman–Crippen MR) is 81.5 cm³/mol. The molecule has 0 aliphatic carbocycles. The summed E-state index contributed by atoms with van der Waals surface area (Å²) >= 11 is 0. The van der Waals surface area contributed by atoms with Gasteiger partial charge in [0.2, 0.25) is 0 Å². The fourth-order valence-electron chi connectivity index (χ4n) is 2.67. The predicted octanol–water partition coefficient (Wildman–Crippen LogP) is 1.39. The summed E-state index contributed by atoms with van der Waals surface area (Å²) in [6.45, 7) is 1.39. The van der Waals surface area contributed by atoms with Crippen LogP contribution in [0.2, 0.25) is 0 Å². The van der Waals surface area contributed by atoms with Gasteiger partial charge in [0.25, 0.3) is 0 Å². The van der Waals surface area contributed by atoms with Crippen LogP contribution in [0.15, 0.2) is 12.5 Å². The number of nitrogens with zero attached hydrogens (tertiary/aromatic N) is 3. The van der Waals surface area contributed by atoms with Crippen LogP contribution in [-0.4, -0.2) is 50.7 Å².